The molecular weight excluding hydrogens is 1110 g/mol. The Morgan fingerprint density at radius 2 is 1.35 bits per heavy atom. The molecule has 1 aliphatic rings. The lowest BCUT2D eigenvalue weighted by atomic mass is 9.96. The summed E-state index contributed by atoms with van der Waals surface area (Å²) in [6.07, 6.45) is 6.10. The molecule has 1 aromatic heterocycles. The van der Waals surface area contributed by atoms with Gasteiger partial charge >= 0.3 is 6.72 Å². The number of para-hydroxylation sites is 1. The Kier molecular flexibility index (Phi) is 35.3. The average molecular weight is 1190 g/mol. The SMILES string of the molecule is C=CCOc1c(O)ccc2c(=O)cc(-c3ccc(C(=O)NCCOCCOCCOCCOCCOCCN/C4=C(\N)c5ccccc5CN(C)c5ccccc54)cc3)oc12.CC.CO.O=CCCC(=O)NCCCCCCOP(O)(O)=S. The Morgan fingerprint density at radius 1 is 0.759 bits per heavy atom. The van der Waals surface area contributed by atoms with Crippen molar-refractivity contribution >= 4 is 64.7 Å². The highest BCUT2D eigenvalue weighted by Gasteiger charge is 2.21. The van der Waals surface area contributed by atoms with Gasteiger partial charge in [0.15, 0.2) is 16.8 Å². The Bertz CT molecular complexity index is 2850. The van der Waals surface area contributed by atoms with Gasteiger partial charge in [0.05, 0.1) is 89.5 Å². The predicted octanol–water partition coefficient (Wildman–Crippen LogP) is 7.07. The van der Waals surface area contributed by atoms with Gasteiger partial charge in [-0.25, -0.2) is 0 Å². The second-order valence-electron chi connectivity index (χ2n) is 17.8. The van der Waals surface area contributed by atoms with E-state index < -0.39 is 6.72 Å². The van der Waals surface area contributed by atoms with Gasteiger partial charge in [0.25, 0.3) is 5.91 Å². The van der Waals surface area contributed by atoms with E-state index in [-0.39, 0.29) is 71.5 Å². The van der Waals surface area contributed by atoms with Gasteiger partial charge in [0, 0.05) is 87.2 Å². The Hall–Kier alpha value is -6.53. The molecule has 1 aliphatic heterocycles. The summed E-state index contributed by atoms with van der Waals surface area (Å²) >= 11 is 4.30. The van der Waals surface area contributed by atoms with Gasteiger partial charge in [-0.05, 0) is 60.5 Å². The molecule has 2 amide bonds. The van der Waals surface area contributed by atoms with Gasteiger partial charge in [0.2, 0.25) is 11.7 Å². The van der Waals surface area contributed by atoms with Gasteiger partial charge in [0.1, 0.15) is 18.7 Å². The molecule has 5 aromatic rings. The second-order valence-corrected chi connectivity index (χ2v) is 20.5. The molecule has 83 heavy (non-hydrogen) atoms. The van der Waals surface area contributed by atoms with Crippen molar-refractivity contribution in [2.75, 3.05) is 118 Å². The number of benzene rings is 4. The molecule has 0 bridgehead atoms. The molecule has 6 rings (SSSR count). The van der Waals surface area contributed by atoms with Crippen molar-refractivity contribution in [3.05, 3.63) is 136 Å². The van der Waals surface area contributed by atoms with Crippen LogP contribution in [0.5, 0.6) is 11.5 Å². The summed E-state index contributed by atoms with van der Waals surface area (Å²) in [6, 6.07) is 27.4. The number of hydrogen-bond acceptors (Lipinski definition) is 18. The molecule has 23 heteroatoms. The molecule has 0 fully saturated rings. The maximum Gasteiger partial charge on any atom is 0.321 e. The number of carbonyl (C=O) groups excluding carboxylic acids is 3. The molecule has 0 aliphatic carbocycles. The minimum atomic E-state index is -3.50. The highest BCUT2D eigenvalue weighted by molar-refractivity contribution is 8.06. The van der Waals surface area contributed by atoms with Crippen LogP contribution in [0, 0.1) is 0 Å². The molecule has 456 valence electrons. The van der Waals surface area contributed by atoms with Crippen LogP contribution in [0.1, 0.15) is 79.4 Å². The van der Waals surface area contributed by atoms with Crippen LogP contribution in [0.15, 0.2) is 113 Å². The number of nitrogens with zero attached hydrogens (tertiary/aromatic N) is 1. The van der Waals surface area contributed by atoms with Crippen molar-refractivity contribution in [1.29, 1.82) is 0 Å². The zero-order valence-corrected chi connectivity index (χ0v) is 49.9. The number of nitrogens with two attached hydrogens (primary N) is 1. The third kappa shape index (κ3) is 26.3. The molecule has 21 nitrogen and oxygen atoms in total. The smallest absolute Gasteiger partial charge is 0.321 e. The van der Waals surface area contributed by atoms with E-state index in [0.717, 1.165) is 67.4 Å². The number of unbranched alkanes of at least 4 members (excludes halogenated alkanes) is 3. The molecule has 0 atom stereocenters. The number of rotatable bonds is 35. The lowest BCUT2D eigenvalue weighted by Crippen LogP contribution is -2.27. The van der Waals surface area contributed by atoms with E-state index in [1.54, 1.807) is 24.3 Å². The largest absolute Gasteiger partial charge is 0.504 e. The van der Waals surface area contributed by atoms with Crippen LogP contribution in [-0.4, -0.2) is 151 Å². The number of aliphatic hydroxyl groups excluding tert-OH is 1. The standard InChI is InChI=1S/C47H54N4O10.C10H20NO5PS.C2H6.CH4O/c1-3-20-60-46-40(52)17-16-38-41(53)31-42(61-45(38)46)33-12-14-34(15-13-33)47(54)50-19-22-56-24-26-58-28-30-59-29-27-57-25-23-55-21-18-49-44-37-10-6-7-11-39(37)51(2)32-35-8-4-5-9-36(35)43(44)48;12-8-5-6-10(13)11-7-3-1-2-4-9-16-17(14,15)18;2*1-2/h3-17,31,49,52H,1,18-30,32,48H2,2H3,(H,50,54);8H,1-7,9H2,(H,11,13)(H2,14,15,18);1-2H3;2H,1H3/b44-43-;;;. The maximum absolute atomic E-state index is 12.8. The third-order valence-electron chi connectivity index (χ3n) is 11.9. The van der Waals surface area contributed by atoms with Crippen LogP contribution < -0.4 is 36.7 Å². The number of ether oxygens (including phenoxy) is 6. The Labute approximate surface area is 492 Å². The van der Waals surface area contributed by atoms with Gasteiger partial charge in [-0.1, -0.05) is 93.9 Å². The van der Waals surface area contributed by atoms with Crippen molar-refractivity contribution in [3.63, 3.8) is 0 Å². The van der Waals surface area contributed by atoms with E-state index in [1.807, 2.05) is 38.1 Å². The summed E-state index contributed by atoms with van der Waals surface area (Å²) in [6.45, 7) is 11.0. The summed E-state index contributed by atoms with van der Waals surface area (Å²) in [5.74, 6) is -0.199. The van der Waals surface area contributed by atoms with E-state index in [4.69, 9.17) is 53.5 Å². The van der Waals surface area contributed by atoms with Crippen LogP contribution in [0.4, 0.5) is 5.69 Å². The first-order valence-corrected chi connectivity index (χ1v) is 30.2. The number of fused-ring (bicyclic) bond motifs is 3. The van der Waals surface area contributed by atoms with E-state index >= 15 is 0 Å². The normalized spacial score (nSPS) is 12.5. The molecule has 0 radical (unpaired) electrons. The first-order valence-electron chi connectivity index (χ1n) is 27.6. The van der Waals surface area contributed by atoms with Crippen LogP contribution in [-0.2, 0) is 56.1 Å². The molecule has 0 saturated carbocycles. The molecule has 9 N–H and O–H groups in total. The van der Waals surface area contributed by atoms with E-state index in [1.165, 1.54) is 29.8 Å². The number of amides is 2. The predicted molar refractivity (Wildman–Crippen MR) is 327 cm³/mol. The summed E-state index contributed by atoms with van der Waals surface area (Å²) in [4.78, 5) is 66.4. The fourth-order valence-corrected chi connectivity index (χ4v) is 8.57. The minimum absolute atomic E-state index is 0.0600. The monoisotopic (exact) mass is 1190 g/mol. The summed E-state index contributed by atoms with van der Waals surface area (Å²) in [7, 11) is 3.10. The van der Waals surface area contributed by atoms with Gasteiger partial charge in [-0.15, -0.1) is 0 Å². The number of nitrogens with one attached hydrogen (secondary N) is 3. The number of aldehydes is 1. The molecule has 0 unspecified atom stereocenters. The lowest BCUT2D eigenvalue weighted by Gasteiger charge is -2.29. The Morgan fingerprint density at radius 3 is 1.98 bits per heavy atom. The number of anilines is 1. The van der Waals surface area contributed by atoms with Gasteiger partial charge in [-0.3, -0.25) is 14.4 Å². The molecule has 2 heterocycles. The number of carbonyl (C=O) groups is 3. The van der Waals surface area contributed by atoms with Crippen LogP contribution >= 0.6 is 6.72 Å². The zero-order chi connectivity index (χ0) is 60.7. The van der Waals surface area contributed by atoms with Crippen LogP contribution in [0.25, 0.3) is 33.7 Å². The fraction of sp³-hybridized carbons (Fsp3) is 0.433. The average Bonchev–Trinajstić information content (AvgIpc) is 3.41. The first-order chi connectivity index (χ1) is 40.3. The highest BCUT2D eigenvalue weighted by atomic mass is 32.5. The number of hydrogen-bond donors (Lipinski definition) is 8. The first kappa shape index (κ1) is 70.7. The summed E-state index contributed by atoms with van der Waals surface area (Å²) < 4.78 is 44.3. The maximum atomic E-state index is 12.8. The molecule has 0 spiro atoms. The van der Waals surface area contributed by atoms with E-state index in [0.29, 0.717) is 103 Å². The zero-order valence-electron chi connectivity index (χ0n) is 48.1. The second kappa shape index (κ2) is 41.5. The van der Waals surface area contributed by atoms with Crippen molar-refractivity contribution in [2.45, 2.75) is 58.9 Å². The molecular formula is C60H84N5O16PS. The van der Waals surface area contributed by atoms with E-state index in [2.05, 4.69) is 75.1 Å². The number of phenolic OH excluding ortho intramolecular Hbond substituents is 1. The molecule has 0 saturated heterocycles. The van der Waals surface area contributed by atoms with Crippen molar-refractivity contribution < 1.29 is 71.7 Å². The molecule has 4 aromatic carbocycles. The van der Waals surface area contributed by atoms with Crippen molar-refractivity contribution in [3.8, 4) is 22.8 Å². The van der Waals surface area contributed by atoms with Gasteiger partial charge in [-0.2, -0.15) is 0 Å². The third-order valence-corrected chi connectivity index (χ3v) is 12.7. The lowest BCUT2D eigenvalue weighted by molar-refractivity contribution is -0.122. The van der Waals surface area contributed by atoms with Crippen LogP contribution in [0.2, 0.25) is 0 Å². The summed E-state index contributed by atoms with van der Waals surface area (Å²) in [5.41, 5.74) is 13.6. The highest BCUT2D eigenvalue weighted by Crippen LogP contribution is 2.37. The quantitative estimate of drug-likeness (QED) is 0.00871. The van der Waals surface area contributed by atoms with Gasteiger partial charge < -0.3 is 88.7 Å². The van der Waals surface area contributed by atoms with Crippen molar-refractivity contribution in [1.82, 2.24) is 16.0 Å². The number of aromatic hydroxyl groups is 1. The fourth-order valence-electron chi connectivity index (χ4n) is 7.98. The van der Waals surface area contributed by atoms with E-state index in [9.17, 15) is 24.3 Å². The summed E-state index contributed by atoms with van der Waals surface area (Å²) in [5, 5.41) is 26.6. The van der Waals surface area contributed by atoms with Crippen LogP contribution in [0.3, 0.4) is 0 Å². The Balaban J connectivity index is 0.000000698. The topological polar surface area (TPSA) is 292 Å². The van der Waals surface area contributed by atoms with Crippen molar-refractivity contribution in [2.24, 2.45) is 5.73 Å². The number of phenols is 1. The minimum Gasteiger partial charge on any atom is -0.504 e. The number of aliphatic hydroxyl groups is 1.